The van der Waals surface area contributed by atoms with Gasteiger partial charge in [0.15, 0.2) is 18.4 Å². The van der Waals surface area contributed by atoms with Gasteiger partial charge in [-0.05, 0) is 18.6 Å². The second kappa shape index (κ2) is 4.59. The summed E-state index contributed by atoms with van der Waals surface area (Å²) >= 11 is 4.92. The van der Waals surface area contributed by atoms with E-state index < -0.39 is 0 Å². The van der Waals surface area contributed by atoms with Gasteiger partial charge in [-0.3, -0.25) is 4.90 Å². The molecule has 4 N–H and O–H groups in total. The monoisotopic (exact) mass is 190 g/mol. The Labute approximate surface area is 77.9 Å². The maximum absolute atomic E-state index is 9.03. The predicted molar refractivity (Wildman–Crippen MR) is 50.7 cm³/mol. The number of hydrogen-bond donors (Lipinski definition) is 4. The van der Waals surface area contributed by atoms with E-state index in [1.54, 1.807) is 0 Å². The molecule has 12 heavy (non-hydrogen) atoms. The van der Waals surface area contributed by atoms with E-state index in [0.29, 0.717) is 11.2 Å². The SMILES string of the molecule is CC[C@H](CO)[NH+]1CNC(=S)NC1. The van der Waals surface area contributed by atoms with E-state index in [2.05, 4.69) is 17.6 Å². The molecule has 0 aromatic rings. The largest absolute Gasteiger partial charge is 0.390 e. The lowest BCUT2D eigenvalue weighted by atomic mass is 10.2. The quantitative estimate of drug-likeness (QED) is 0.390. The lowest BCUT2D eigenvalue weighted by Crippen LogP contribution is -3.20. The number of rotatable bonds is 3. The fourth-order valence-electron chi connectivity index (χ4n) is 1.35. The van der Waals surface area contributed by atoms with Gasteiger partial charge in [-0.25, -0.2) is 0 Å². The minimum atomic E-state index is 0.238. The highest BCUT2D eigenvalue weighted by Crippen LogP contribution is 1.83. The highest BCUT2D eigenvalue weighted by molar-refractivity contribution is 7.80. The molecule has 0 saturated carbocycles. The third-order valence-electron chi connectivity index (χ3n) is 2.24. The molecule has 1 aliphatic rings. The number of aliphatic hydroxyl groups excluding tert-OH is 1. The smallest absolute Gasteiger partial charge is 0.174 e. The summed E-state index contributed by atoms with van der Waals surface area (Å²) in [6.45, 7) is 3.94. The predicted octanol–water partition coefficient (Wildman–Crippen LogP) is -1.97. The zero-order valence-electron chi connectivity index (χ0n) is 7.26. The molecule has 0 spiro atoms. The molecule has 5 heteroatoms. The van der Waals surface area contributed by atoms with Gasteiger partial charge < -0.3 is 15.7 Å². The van der Waals surface area contributed by atoms with Crippen LogP contribution in [0.25, 0.3) is 0 Å². The maximum atomic E-state index is 9.03. The fourth-order valence-corrected chi connectivity index (χ4v) is 1.49. The van der Waals surface area contributed by atoms with Gasteiger partial charge in [0, 0.05) is 0 Å². The Hall–Kier alpha value is -0.390. The fraction of sp³-hybridized carbons (Fsp3) is 0.857. The molecule has 1 rings (SSSR count). The second-order valence-electron chi connectivity index (χ2n) is 2.98. The Morgan fingerprint density at radius 3 is 2.58 bits per heavy atom. The molecule has 0 unspecified atom stereocenters. The summed E-state index contributed by atoms with van der Waals surface area (Å²) in [5, 5.41) is 15.9. The molecule has 1 heterocycles. The first-order valence-electron chi connectivity index (χ1n) is 4.25. The molecule has 0 aromatic heterocycles. The van der Waals surface area contributed by atoms with Gasteiger partial charge in [0.25, 0.3) is 0 Å². The van der Waals surface area contributed by atoms with Crippen LogP contribution in [0.2, 0.25) is 0 Å². The van der Waals surface area contributed by atoms with E-state index in [1.807, 2.05) is 0 Å². The van der Waals surface area contributed by atoms with Crippen molar-refractivity contribution in [3.05, 3.63) is 0 Å². The van der Waals surface area contributed by atoms with E-state index in [1.165, 1.54) is 4.90 Å². The van der Waals surface area contributed by atoms with Crippen LogP contribution < -0.4 is 15.5 Å². The summed E-state index contributed by atoms with van der Waals surface area (Å²) in [7, 11) is 0. The van der Waals surface area contributed by atoms with Crippen molar-refractivity contribution in [2.75, 3.05) is 19.9 Å². The van der Waals surface area contributed by atoms with E-state index in [0.717, 1.165) is 19.8 Å². The number of aliphatic hydroxyl groups is 1. The highest BCUT2D eigenvalue weighted by Gasteiger charge is 2.22. The molecule has 0 aromatic carbocycles. The average Bonchev–Trinajstić information content (AvgIpc) is 2.10. The Bertz CT molecular complexity index is 151. The lowest BCUT2D eigenvalue weighted by molar-refractivity contribution is -0.932. The molecular weight excluding hydrogens is 174 g/mol. The van der Waals surface area contributed by atoms with Crippen LogP contribution >= 0.6 is 12.2 Å². The van der Waals surface area contributed by atoms with Crippen LogP contribution in [0.4, 0.5) is 0 Å². The van der Waals surface area contributed by atoms with Crippen LogP contribution in [0, 0.1) is 0 Å². The Morgan fingerprint density at radius 2 is 2.17 bits per heavy atom. The standard InChI is InChI=1S/C7H15N3OS/c1-2-6(3-11)10-4-8-7(12)9-5-10/h6,11H,2-5H2,1H3,(H2,8,9,12)/p+1/t6-/m1/s1. The first-order valence-corrected chi connectivity index (χ1v) is 4.66. The summed E-state index contributed by atoms with van der Waals surface area (Å²) in [4.78, 5) is 1.31. The second-order valence-corrected chi connectivity index (χ2v) is 3.39. The number of nitrogens with one attached hydrogen (secondary N) is 3. The topological polar surface area (TPSA) is 48.7 Å². The summed E-state index contributed by atoms with van der Waals surface area (Å²) in [6, 6.07) is 0.313. The zero-order chi connectivity index (χ0) is 8.97. The lowest BCUT2D eigenvalue weighted by Gasteiger charge is -2.31. The van der Waals surface area contributed by atoms with Crippen LogP contribution in [-0.4, -0.2) is 36.2 Å². The van der Waals surface area contributed by atoms with Gasteiger partial charge in [-0.15, -0.1) is 0 Å². The minimum absolute atomic E-state index is 0.238. The first-order chi connectivity index (χ1) is 5.77. The van der Waals surface area contributed by atoms with Crippen LogP contribution in [-0.2, 0) is 0 Å². The molecule has 1 fully saturated rings. The summed E-state index contributed by atoms with van der Waals surface area (Å²) in [5.41, 5.74) is 0. The maximum Gasteiger partial charge on any atom is 0.174 e. The normalized spacial score (nSPS) is 21.3. The van der Waals surface area contributed by atoms with E-state index in [4.69, 9.17) is 17.3 Å². The van der Waals surface area contributed by atoms with Crippen molar-refractivity contribution in [3.63, 3.8) is 0 Å². The van der Waals surface area contributed by atoms with E-state index in [-0.39, 0.29) is 6.61 Å². The Balaban J connectivity index is 2.37. The van der Waals surface area contributed by atoms with Crippen LogP contribution in [0.3, 0.4) is 0 Å². The van der Waals surface area contributed by atoms with Crippen molar-refractivity contribution in [1.29, 1.82) is 0 Å². The molecule has 1 aliphatic heterocycles. The molecule has 70 valence electrons. The van der Waals surface area contributed by atoms with Gasteiger partial charge in [0.05, 0.1) is 6.61 Å². The Kier molecular flexibility index (Phi) is 3.71. The van der Waals surface area contributed by atoms with Crippen molar-refractivity contribution in [2.45, 2.75) is 19.4 Å². The molecule has 0 aliphatic carbocycles. The van der Waals surface area contributed by atoms with Crippen molar-refractivity contribution < 1.29 is 10.0 Å². The highest BCUT2D eigenvalue weighted by atomic mass is 32.1. The molecule has 1 saturated heterocycles. The van der Waals surface area contributed by atoms with Gasteiger partial charge in [-0.1, -0.05) is 6.92 Å². The van der Waals surface area contributed by atoms with Crippen molar-refractivity contribution >= 4 is 17.3 Å². The number of thiocarbonyl (C=S) groups is 1. The summed E-state index contributed by atoms with van der Waals surface area (Å²) in [6.07, 6.45) is 0.988. The van der Waals surface area contributed by atoms with E-state index >= 15 is 0 Å². The third kappa shape index (κ3) is 2.30. The van der Waals surface area contributed by atoms with Crippen molar-refractivity contribution in [3.8, 4) is 0 Å². The van der Waals surface area contributed by atoms with Crippen molar-refractivity contribution in [1.82, 2.24) is 10.6 Å². The van der Waals surface area contributed by atoms with Crippen LogP contribution in [0.15, 0.2) is 0 Å². The van der Waals surface area contributed by atoms with Crippen LogP contribution in [0.5, 0.6) is 0 Å². The van der Waals surface area contributed by atoms with E-state index in [9.17, 15) is 0 Å². The average molecular weight is 190 g/mol. The van der Waals surface area contributed by atoms with Gasteiger partial charge in [-0.2, -0.15) is 0 Å². The van der Waals surface area contributed by atoms with Gasteiger partial charge in [0.2, 0.25) is 0 Å². The van der Waals surface area contributed by atoms with Crippen LogP contribution in [0.1, 0.15) is 13.3 Å². The zero-order valence-corrected chi connectivity index (χ0v) is 8.08. The number of hydrogen-bond acceptors (Lipinski definition) is 2. The molecular formula is C7H16N3OS+. The summed E-state index contributed by atoms with van der Waals surface area (Å²) in [5.74, 6) is 0. The number of quaternary nitrogens is 1. The van der Waals surface area contributed by atoms with Gasteiger partial charge >= 0.3 is 0 Å². The molecule has 4 nitrogen and oxygen atoms in total. The first kappa shape index (κ1) is 9.70. The summed E-state index contributed by atoms with van der Waals surface area (Å²) < 4.78 is 0. The molecule has 1 atom stereocenters. The van der Waals surface area contributed by atoms with Crippen molar-refractivity contribution in [2.24, 2.45) is 0 Å². The van der Waals surface area contributed by atoms with Gasteiger partial charge in [0.1, 0.15) is 6.04 Å². The Morgan fingerprint density at radius 1 is 1.58 bits per heavy atom. The molecule has 0 amide bonds. The minimum Gasteiger partial charge on any atom is -0.390 e. The third-order valence-corrected chi connectivity index (χ3v) is 2.53. The molecule has 0 bridgehead atoms. The molecule has 0 radical (unpaired) electrons.